The maximum absolute atomic E-state index is 11.2. The zero-order valence-electron chi connectivity index (χ0n) is 11.6. The molecule has 0 heterocycles. The van der Waals surface area contributed by atoms with Crippen LogP contribution in [0.2, 0.25) is 0 Å². The Kier molecular flexibility index (Phi) is 6.14. The SMILES string of the molecule is CCCCN(CC(N)=O)C1CC(C)CCC1C#N. The number of nitriles is 1. The fourth-order valence-corrected chi connectivity index (χ4v) is 2.83. The van der Waals surface area contributed by atoms with E-state index in [9.17, 15) is 10.1 Å². The molecule has 2 N–H and O–H groups in total. The average molecular weight is 251 g/mol. The Bertz CT molecular complexity index is 311. The predicted molar refractivity (Wildman–Crippen MR) is 71.6 cm³/mol. The molecule has 1 aliphatic carbocycles. The van der Waals surface area contributed by atoms with Gasteiger partial charge < -0.3 is 5.73 Å². The van der Waals surface area contributed by atoms with E-state index in [1.54, 1.807) is 0 Å². The second-order valence-corrected chi connectivity index (χ2v) is 5.51. The number of hydrogen-bond acceptors (Lipinski definition) is 3. The summed E-state index contributed by atoms with van der Waals surface area (Å²) in [6.07, 6.45) is 5.22. The van der Waals surface area contributed by atoms with Crippen LogP contribution in [0.5, 0.6) is 0 Å². The van der Waals surface area contributed by atoms with Gasteiger partial charge in [-0.15, -0.1) is 0 Å². The Morgan fingerprint density at radius 1 is 1.50 bits per heavy atom. The number of nitrogens with zero attached hydrogens (tertiary/aromatic N) is 2. The summed E-state index contributed by atoms with van der Waals surface area (Å²) in [4.78, 5) is 13.3. The molecule has 3 unspecified atom stereocenters. The highest BCUT2D eigenvalue weighted by molar-refractivity contribution is 5.75. The van der Waals surface area contributed by atoms with E-state index >= 15 is 0 Å². The van der Waals surface area contributed by atoms with Gasteiger partial charge in [0.05, 0.1) is 18.5 Å². The summed E-state index contributed by atoms with van der Waals surface area (Å²) in [5, 5.41) is 9.26. The Morgan fingerprint density at radius 3 is 2.78 bits per heavy atom. The summed E-state index contributed by atoms with van der Waals surface area (Å²) in [5.41, 5.74) is 5.33. The second kappa shape index (κ2) is 7.38. The molecule has 0 bridgehead atoms. The largest absolute Gasteiger partial charge is 0.369 e. The lowest BCUT2D eigenvalue weighted by Crippen LogP contribution is -2.47. The molecule has 3 atom stereocenters. The van der Waals surface area contributed by atoms with Crippen LogP contribution in [0.1, 0.15) is 46.0 Å². The van der Waals surface area contributed by atoms with Crippen LogP contribution in [0.25, 0.3) is 0 Å². The monoisotopic (exact) mass is 251 g/mol. The van der Waals surface area contributed by atoms with Crippen molar-refractivity contribution < 1.29 is 4.79 Å². The topological polar surface area (TPSA) is 70.1 Å². The predicted octanol–water partition coefficient (Wildman–Crippen LogP) is 1.90. The smallest absolute Gasteiger partial charge is 0.231 e. The van der Waals surface area contributed by atoms with Gasteiger partial charge in [0.1, 0.15) is 0 Å². The molecule has 0 saturated heterocycles. The van der Waals surface area contributed by atoms with E-state index in [0.29, 0.717) is 5.92 Å². The molecule has 4 heteroatoms. The van der Waals surface area contributed by atoms with Gasteiger partial charge in [-0.25, -0.2) is 0 Å². The highest BCUT2D eigenvalue weighted by Gasteiger charge is 2.33. The lowest BCUT2D eigenvalue weighted by atomic mass is 9.79. The normalized spacial score (nSPS) is 28.0. The molecule has 0 aliphatic heterocycles. The number of amides is 1. The molecule has 18 heavy (non-hydrogen) atoms. The van der Waals surface area contributed by atoms with Crippen molar-refractivity contribution in [2.75, 3.05) is 13.1 Å². The van der Waals surface area contributed by atoms with Crippen molar-refractivity contribution >= 4 is 5.91 Å². The van der Waals surface area contributed by atoms with Crippen molar-refractivity contribution in [3.63, 3.8) is 0 Å². The molecular weight excluding hydrogens is 226 g/mol. The summed E-state index contributed by atoms with van der Waals surface area (Å²) >= 11 is 0. The van der Waals surface area contributed by atoms with Gasteiger partial charge in [-0.1, -0.05) is 20.3 Å². The van der Waals surface area contributed by atoms with E-state index in [2.05, 4.69) is 24.8 Å². The van der Waals surface area contributed by atoms with E-state index < -0.39 is 0 Å². The van der Waals surface area contributed by atoms with Gasteiger partial charge in [-0.2, -0.15) is 5.26 Å². The molecule has 0 aromatic rings. The maximum Gasteiger partial charge on any atom is 0.231 e. The first-order chi connectivity index (χ1) is 8.58. The van der Waals surface area contributed by atoms with Crippen LogP contribution in [0, 0.1) is 23.2 Å². The van der Waals surface area contributed by atoms with E-state index in [4.69, 9.17) is 5.73 Å². The molecule has 1 aliphatic rings. The van der Waals surface area contributed by atoms with Crippen LogP contribution < -0.4 is 5.73 Å². The quantitative estimate of drug-likeness (QED) is 0.783. The van der Waals surface area contributed by atoms with Gasteiger partial charge in [0.25, 0.3) is 0 Å². The minimum absolute atomic E-state index is 0.0532. The van der Waals surface area contributed by atoms with E-state index in [1.165, 1.54) is 0 Å². The molecular formula is C14H25N3O. The fraction of sp³-hybridized carbons (Fsp3) is 0.857. The number of carbonyl (C=O) groups is 1. The first-order valence-corrected chi connectivity index (χ1v) is 7.00. The number of nitrogens with two attached hydrogens (primary N) is 1. The standard InChI is InChI=1S/C14H25N3O/c1-3-4-7-17(10-14(16)18)13-8-11(2)5-6-12(13)9-15/h11-13H,3-8,10H2,1-2H3,(H2,16,18). The first-order valence-electron chi connectivity index (χ1n) is 7.00. The summed E-state index contributed by atoms with van der Waals surface area (Å²) in [6, 6.07) is 2.62. The van der Waals surface area contributed by atoms with Crippen LogP contribution in [0.15, 0.2) is 0 Å². The van der Waals surface area contributed by atoms with E-state index in [0.717, 1.165) is 38.6 Å². The molecule has 1 fully saturated rings. The van der Waals surface area contributed by atoms with Crippen molar-refractivity contribution in [1.82, 2.24) is 4.90 Å². The third-order valence-electron chi connectivity index (χ3n) is 3.87. The maximum atomic E-state index is 11.2. The Hall–Kier alpha value is -1.08. The number of primary amides is 1. The van der Waals surface area contributed by atoms with Gasteiger partial charge in [0.15, 0.2) is 0 Å². The highest BCUT2D eigenvalue weighted by Crippen LogP contribution is 2.31. The van der Waals surface area contributed by atoms with Gasteiger partial charge in [0.2, 0.25) is 5.91 Å². The number of rotatable bonds is 6. The van der Waals surface area contributed by atoms with Crippen LogP contribution in [0.4, 0.5) is 0 Å². The molecule has 1 rings (SSSR count). The van der Waals surface area contributed by atoms with Gasteiger partial charge in [-0.3, -0.25) is 9.69 Å². The summed E-state index contributed by atoms with van der Waals surface area (Å²) < 4.78 is 0. The third-order valence-corrected chi connectivity index (χ3v) is 3.87. The minimum Gasteiger partial charge on any atom is -0.369 e. The lowest BCUT2D eigenvalue weighted by molar-refractivity contribution is -0.120. The Balaban J connectivity index is 2.72. The number of unbranched alkanes of at least 4 members (excludes halogenated alkanes) is 1. The van der Waals surface area contributed by atoms with Crippen LogP contribution in [0.3, 0.4) is 0 Å². The van der Waals surface area contributed by atoms with Gasteiger partial charge in [-0.05, 0) is 38.1 Å². The van der Waals surface area contributed by atoms with E-state index in [1.807, 2.05) is 0 Å². The van der Waals surface area contributed by atoms with Crippen molar-refractivity contribution in [3.05, 3.63) is 0 Å². The molecule has 1 saturated carbocycles. The minimum atomic E-state index is -0.291. The second-order valence-electron chi connectivity index (χ2n) is 5.51. The molecule has 1 amide bonds. The Morgan fingerprint density at radius 2 is 2.22 bits per heavy atom. The zero-order chi connectivity index (χ0) is 13.5. The molecule has 4 nitrogen and oxygen atoms in total. The van der Waals surface area contributed by atoms with Crippen molar-refractivity contribution in [3.8, 4) is 6.07 Å². The molecule has 0 radical (unpaired) electrons. The number of carbonyl (C=O) groups excluding carboxylic acids is 1. The lowest BCUT2D eigenvalue weighted by Gasteiger charge is -2.39. The van der Waals surface area contributed by atoms with Crippen molar-refractivity contribution in [2.45, 2.75) is 52.0 Å². The molecule has 0 aromatic carbocycles. The molecule has 0 aromatic heterocycles. The zero-order valence-corrected chi connectivity index (χ0v) is 11.6. The summed E-state index contributed by atoms with van der Waals surface area (Å²) in [6.45, 7) is 5.52. The van der Waals surface area contributed by atoms with Gasteiger partial charge >= 0.3 is 0 Å². The van der Waals surface area contributed by atoms with Crippen LogP contribution in [-0.4, -0.2) is 29.9 Å². The summed E-state index contributed by atoms with van der Waals surface area (Å²) in [5.74, 6) is 0.398. The number of hydrogen-bond donors (Lipinski definition) is 1. The van der Waals surface area contributed by atoms with Gasteiger partial charge in [0, 0.05) is 6.04 Å². The van der Waals surface area contributed by atoms with Crippen molar-refractivity contribution in [1.29, 1.82) is 5.26 Å². The average Bonchev–Trinajstić information content (AvgIpc) is 2.34. The highest BCUT2D eigenvalue weighted by atomic mass is 16.1. The third kappa shape index (κ3) is 4.30. The van der Waals surface area contributed by atoms with E-state index in [-0.39, 0.29) is 24.4 Å². The fourth-order valence-electron chi connectivity index (χ4n) is 2.83. The molecule has 0 spiro atoms. The van der Waals surface area contributed by atoms with Crippen molar-refractivity contribution in [2.24, 2.45) is 17.6 Å². The van der Waals surface area contributed by atoms with Crippen LogP contribution >= 0.6 is 0 Å². The molecule has 102 valence electrons. The first kappa shape index (κ1) is 15.0. The summed E-state index contributed by atoms with van der Waals surface area (Å²) in [7, 11) is 0. The van der Waals surface area contributed by atoms with Crippen LogP contribution in [-0.2, 0) is 4.79 Å². The Labute approximate surface area is 110 Å².